The fraction of sp³-hybridized carbons (Fsp3) is 0.316. The third kappa shape index (κ3) is 6.28. The lowest BCUT2D eigenvalue weighted by Crippen LogP contribution is -2.26. The maximum absolute atomic E-state index is 12.0. The van der Waals surface area contributed by atoms with Gasteiger partial charge in [-0.3, -0.25) is 4.79 Å². The lowest BCUT2D eigenvalue weighted by Gasteiger charge is -2.14. The van der Waals surface area contributed by atoms with Crippen molar-refractivity contribution < 1.29 is 4.79 Å². The second-order valence-corrected chi connectivity index (χ2v) is 7.21. The van der Waals surface area contributed by atoms with Gasteiger partial charge in [0.25, 0.3) is 0 Å². The molecule has 2 rings (SSSR count). The van der Waals surface area contributed by atoms with Crippen molar-refractivity contribution >= 4 is 29.3 Å². The predicted octanol–water partition coefficient (Wildman–Crippen LogP) is 5.40. The molecule has 0 spiro atoms. The average Bonchev–Trinajstić information content (AvgIpc) is 2.54. The van der Waals surface area contributed by atoms with Gasteiger partial charge in [0.15, 0.2) is 0 Å². The molecule has 0 saturated carbocycles. The molecule has 0 aliphatic carbocycles. The van der Waals surface area contributed by atoms with Gasteiger partial charge >= 0.3 is 0 Å². The summed E-state index contributed by atoms with van der Waals surface area (Å²) in [5.41, 5.74) is 2.37. The standard InChI is InChI=1S/C19H22ClNOS/c1-14-5-7-16(8-6-14)15(2)21-19(22)4-3-13-23-18-11-9-17(20)10-12-18/h5-12,15H,3-4,13H2,1-2H3,(H,21,22). The highest BCUT2D eigenvalue weighted by Gasteiger charge is 2.09. The number of hydrogen-bond acceptors (Lipinski definition) is 2. The van der Waals surface area contributed by atoms with E-state index >= 15 is 0 Å². The van der Waals surface area contributed by atoms with Crippen LogP contribution in [0.3, 0.4) is 0 Å². The van der Waals surface area contributed by atoms with Gasteiger partial charge in [0.2, 0.25) is 5.91 Å². The van der Waals surface area contributed by atoms with Crippen molar-refractivity contribution in [3.8, 4) is 0 Å². The van der Waals surface area contributed by atoms with E-state index in [-0.39, 0.29) is 11.9 Å². The quantitative estimate of drug-likeness (QED) is 0.536. The summed E-state index contributed by atoms with van der Waals surface area (Å²) in [5.74, 6) is 1.03. The van der Waals surface area contributed by atoms with E-state index in [2.05, 4.69) is 36.5 Å². The minimum absolute atomic E-state index is 0.0482. The fourth-order valence-electron chi connectivity index (χ4n) is 2.21. The van der Waals surface area contributed by atoms with Crippen molar-refractivity contribution in [3.63, 3.8) is 0 Å². The topological polar surface area (TPSA) is 29.1 Å². The summed E-state index contributed by atoms with van der Waals surface area (Å²) in [5, 5.41) is 3.81. The lowest BCUT2D eigenvalue weighted by atomic mass is 10.1. The number of halogens is 1. The van der Waals surface area contributed by atoms with Crippen LogP contribution >= 0.6 is 23.4 Å². The molecule has 1 atom stereocenters. The Morgan fingerprint density at radius 3 is 2.43 bits per heavy atom. The highest BCUT2D eigenvalue weighted by atomic mass is 35.5. The van der Waals surface area contributed by atoms with Crippen LogP contribution in [0.5, 0.6) is 0 Å². The minimum Gasteiger partial charge on any atom is -0.350 e. The molecule has 1 amide bonds. The van der Waals surface area contributed by atoms with E-state index in [4.69, 9.17) is 11.6 Å². The van der Waals surface area contributed by atoms with Gasteiger partial charge in [-0.2, -0.15) is 0 Å². The van der Waals surface area contributed by atoms with E-state index < -0.39 is 0 Å². The lowest BCUT2D eigenvalue weighted by molar-refractivity contribution is -0.121. The zero-order chi connectivity index (χ0) is 16.7. The summed E-state index contributed by atoms with van der Waals surface area (Å²) in [6.45, 7) is 4.08. The largest absolute Gasteiger partial charge is 0.350 e. The fourth-order valence-corrected chi connectivity index (χ4v) is 3.18. The number of amides is 1. The first kappa shape index (κ1) is 17.9. The van der Waals surface area contributed by atoms with Crippen LogP contribution in [0.4, 0.5) is 0 Å². The van der Waals surface area contributed by atoms with Crippen LogP contribution in [-0.4, -0.2) is 11.7 Å². The number of carbonyl (C=O) groups is 1. The molecular weight excluding hydrogens is 326 g/mol. The Labute approximate surface area is 147 Å². The van der Waals surface area contributed by atoms with Gasteiger partial charge in [-0.15, -0.1) is 11.8 Å². The van der Waals surface area contributed by atoms with Gasteiger partial charge in [-0.1, -0.05) is 41.4 Å². The zero-order valence-corrected chi connectivity index (χ0v) is 15.1. The van der Waals surface area contributed by atoms with Crippen molar-refractivity contribution in [2.45, 2.75) is 37.6 Å². The average molecular weight is 348 g/mol. The molecular formula is C19H22ClNOS. The van der Waals surface area contributed by atoms with Crippen LogP contribution in [0.15, 0.2) is 53.4 Å². The number of benzene rings is 2. The number of aryl methyl sites for hydroxylation is 1. The van der Waals surface area contributed by atoms with E-state index in [9.17, 15) is 4.79 Å². The maximum atomic E-state index is 12.0. The Hall–Kier alpha value is -1.45. The van der Waals surface area contributed by atoms with Crippen LogP contribution in [0.2, 0.25) is 5.02 Å². The van der Waals surface area contributed by atoms with Crippen molar-refractivity contribution in [2.75, 3.05) is 5.75 Å². The number of hydrogen-bond donors (Lipinski definition) is 1. The molecule has 0 radical (unpaired) electrons. The maximum Gasteiger partial charge on any atom is 0.220 e. The van der Waals surface area contributed by atoms with Crippen LogP contribution in [0.25, 0.3) is 0 Å². The summed E-state index contributed by atoms with van der Waals surface area (Å²) >= 11 is 7.61. The van der Waals surface area contributed by atoms with Gasteiger partial charge < -0.3 is 5.32 Å². The Morgan fingerprint density at radius 1 is 1.13 bits per heavy atom. The summed E-state index contributed by atoms with van der Waals surface area (Å²) in [4.78, 5) is 13.2. The second-order valence-electron chi connectivity index (χ2n) is 5.61. The van der Waals surface area contributed by atoms with Crippen LogP contribution < -0.4 is 5.32 Å². The third-order valence-electron chi connectivity index (χ3n) is 3.59. The van der Waals surface area contributed by atoms with Gasteiger partial charge in [0.1, 0.15) is 0 Å². The first-order valence-electron chi connectivity index (χ1n) is 7.79. The predicted molar refractivity (Wildman–Crippen MR) is 99.1 cm³/mol. The molecule has 0 bridgehead atoms. The molecule has 0 aliphatic heterocycles. The third-order valence-corrected chi connectivity index (χ3v) is 4.94. The number of carbonyl (C=O) groups excluding carboxylic acids is 1. The highest BCUT2D eigenvalue weighted by molar-refractivity contribution is 7.99. The summed E-state index contributed by atoms with van der Waals surface area (Å²) < 4.78 is 0. The molecule has 1 unspecified atom stereocenters. The van der Waals surface area contributed by atoms with Gasteiger partial charge in [0, 0.05) is 16.3 Å². The highest BCUT2D eigenvalue weighted by Crippen LogP contribution is 2.21. The summed E-state index contributed by atoms with van der Waals surface area (Å²) in [6, 6.07) is 16.1. The van der Waals surface area contributed by atoms with Crippen LogP contribution in [-0.2, 0) is 4.79 Å². The van der Waals surface area contributed by atoms with Gasteiger partial charge in [0.05, 0.1) is 6.04 Å². The number of nitrogens with one attached hydrogen (secondary N) is 1. The Bertz CT molecular complexity index is 625. The van der Waals surface area contributed by atoms with Crippen molar-refractivity contribution in [2.24, 2.45) is 0 Å². The van der Waals surface area contributed by atoms with E-state index in [1.165, 1.54) is 10.5 Å². The molecule has 23 heavy (non-hydrogen) atoms. The molecule has 2 nitrogen and oxygen atoms in total. The molecule has 2 aromatic carbocycles. The molecule has 4 heteroatoms. The number of rotatable bonds is 7. The molecule has 0 fully saturated rings. The molecule has 0 aromatic heterocycles. The van der Waals surface area contributed by atoms with Crippen LogP contribution in [0.1, 0.15) is 36.9 Å². The van der Waals surface area contributed by atoms with E-state index in [1.807, 2.05) is 31.2 Å². The summed E-state index contributed by atoms with van der Waals surface area (Å²) in [7, 11) is 0. The Kier molecular flexibility index (Phi) is 7.00. The Balaban J connectivity index is 1.68. The minimum atomic E-state index is 0.0482. The van der Waals surface area contributed by atoms with Gasteiger partial charge in [-0.25, -0.2) is 0 Å². The van der Waals surface area contributed by atoms with Gasteiger partial charge in [-0.05, 0) is 55.9 Å². The number of thioether (sulfide) groups is 1. The zero-order valence-electron chi connectivity index (χ0n) is 13.5. The van der Waals surface area contributed by atoms with E-state index in [0.717, 1.165) is 22.8 Å². The monoisotopic (exact) mass is 347 g/mol. The van der Waals surface area contributed by atoms with Crippen molar-refractivity contribution in [1.82, 2.24) is 5.32 Å². The molecule has 122 valence electrons. The van der Waals surface area contributed by atoms with Crippen molar-refractivity contribution in [1.29, 1.82) is 0 Å². The van der Waals surface area contributed by atoms with E-state index in [1.54, 1.807) is 11.8 Å². The molecule has 0 heterocycles. The molecule has 1 N–H and O–H groups in total. The smallest absolute Gasteiger partial charge is 0.220 e. The first-order chi connectivity index (χ1) is 11.0. The van der Waals surface area contributed by atoms with E-state index in [0.29, 0.717) is 6.42 Å². The second kappa shape index (κ2) is 8.99. The first-order valence-corrected chi connectivity index (χ1v) is 9.15. The normalized spacial score (nSPS) is 12.0. The molecule has 2 aromatic rings. The Morgan fingerprint density at radius 2 is 1.78 bits per heavy atom. The molecule has 0 aliphatic rings. The van der Waals surface area contributed by atoms with Crippen molar-refractivity contribution in [3.05, 3.63) is 64.7 Å². The SMILES string of the molecule is Cc1ccc(C(C)NC(=O)CCCSc2ccc(Cl)cc2)cc1. The summed E-state index contributed by atoms with van der Waals surface area (Å²) in [6.07, 6.45) is 1.41. The molecule has 0 saturated heterocycles. The van der Waals surface area contributed by atoms with Crippen LogP contribution in [0, 0.1) is 6.92 Å².